The summed E-state index contributed by atoms with van der Waals surface area (Å²) in [5.41, 5.74) is 4.43. The SMILES string of the molecule is COc1ccc(-n2c(C)cc(/C=N\n3cnnc3)c2C)cc1. The first-order valence-corrected chi connectivity index (χ1v) is 6.91. The molecule has 2 heterocycles. The maximum atomic E-state index is 5.21. The Balaban J connectivity index is 1.95. The van der Waals surface area contributed by atoms with Crippen LogP contribution in [0.3, 0.4) is 0 Å². The van der Waals surface area contributed by atoms with Crippen molar-refractivity contribution < 1.29 is 4.74 Å². The molecule has 0 saturated carbocycles. The van der Waals surface area contributed by atoms with Gasteiger partial charge in [-0.15, -0.1) is 10.2 Å². The highest BCUT2D eigenvalue weighted by Gasteiger charge is 2.09. The highest BCUT2D eigenvalue weighted by atomic mass is 16.5. The van der Waals surface area contributed by atoms with Crippen molar-refractivity contribution >= 4 is 6.21 Å². The summed E-state index contributed by atoms with van der Waals surface area (Å²) in [5.74, 6) is 0.848. The van der Waals surface area contributed by atoms with Crippen molar-refractivity contribution in [1.29, 1.82) is 0 Å². The van der Waals surface area contributed by atoms with Crippen LogP contribution >= 0.6 is 0 Å². The lowest BCUT2D eigenvalue weighted by Crippen LogP contribution is -1.99. The first-order valence-electron chi connectivity index (χ1n) is 6.91. The molecule has 0 aliphatic carbocycles. The van der Waals surface area contributed by atoms with Gasteiger partial charge in [0, 0.05) is 22.6 Å². The molecule has 0 radical (unpaired) electrons. The minimum absolute atomic E-state index is 0.848. The Bertz CT molecular complexity index is 785. The van der Waals surface area contributed by atoms with Crippen molar-refractivity contribution in [3.05, 3.63) is 59.9 Å². The molecule has 112 valence electrons. The van der Waals surface area contributed by atoms with Gasteiger partial charge in [-0.3, -0.25) is 0 Å². The number of aryl methyl sites for hydroxylation is 1. The highest BCUT2D eigenvalue weighted by Crippen LogP contribution is 2.21. The van der Waals surface area contributed by atoms with Crippen LogP contribution in [0.25, 0.3) is 5.69 Å². The number of rotatable bonds is 4. The van der Waals surface area contributed by atoms with Gasteiger partial charge >= 0.3 is 0 Å². The third-order valence-electron chi connectivity index (χ3n) is 3.54. The zero-order valence-corrected chi connectivity index (χ0v) is 12.8. The van der Waals surface area contributed by atoms with Crippen LogP contribution in [0.2, 0.25) is 0 Å². The normalized spacial score (nSPS) is 11.2. The van der Waals surface area contributed by atoms with Gasteiger partial charge in [-0.1, -0.05) is 0 Å². The van der Waals surface area contributed by atoms with E-state index in [1.807, 2.05) is 30.5 Å². The predicted molar refractivity (Wildman–Crippen MR) is 84.8 cm³/mol. The Labute approximate surface area is 128 Å². The zero-order valence-electron chi connectivity index (χ0n) is 12.8. The molecule has 0 aliphatic rings. The molecule has 0 bridgehead atoms. The quantitative estimate of drug-likeness (QED) is 0.695. The number of aromatic nitrogens is 4. The van der Waals surface area contributed by atoms with E-state index < -0.39 is 0 Å². The van der Waals surface area contributed by atoms with Crippen LogP contribution in [0, 0.1) is 13.8 Å². The lowest BCUT2D eigenvalue weighted by Gasteiger charge is -2.10. The maximum absolute atomic E-state index is 5.21. The summed E-state index contributed by atoms with van der Waals surface area (Å²) in [6, 6.07) is 10.1. The van der Waals surface area contributed by atoms with Crippen molar-refractivity contribution in [3.8, 4) is 11.4 Å². The average molecular weight is 295 g/mol. The second-order valence-electron chi connectivity index (χ2n) is 4.95. The Kier molecular flexibility index (Phi) is 3.74. The molecule has 1 aromatic carbocycles. The molecule has 0 amide bonds. The van der Waals surface area contributed by atoms with Gasteiger partial charge in [-0.2, -0.15) is 5.10 Å². The fourth-order valence-corrected chi connectivity index (χ4v) is 2.43. The van der Waals surface area contributed by atoms with Crippen LogP contribution in [0.15, 0.2) is 48.1 Å². The van der Waals surface area contributed by atoms with E-state index >= 15 is 0 Å². The van der Waals surface area contributed by atoms with E-state index in [-0.39, 0.29) is 0 Å². The van der Waals surface area contributed by atoms with Crippen LogP contribution < -0.4 is 4.74 Å². The van der Waals surface area contributed by atoms with E-state index in [0.29, 0.717) is 0 Å². The topological polar surface area (TPSA) is 57.2 Å². The molecule has 0 aliphatic heterocycles. The summed E-state index contributed by atoms with van der Waals surface area (Å²) in [7, 11) is 1.67. The third kappa shape index (κ3) is 2.63. The molecule has 0 fully saturated rings. The van der Waals surface area contributed by atoms with E-state index in [1.165, 1.54) is 0 Å². The molecule has 0 saturated heterocycles. The number of hydrogen-bond donors (Lipinski definition) is 0. The van der Waals surface area contributed by atoms with Crippen molar-refractivity contribution in [3.63, 3.8) is 0 Å². The molecule has 2 aromatic heterocycles. The van der Waals surface area contributed by atoms with Gasteiger partial charge in [-0.05, 0) is 44.2 Å². The predicted octanol–water partition coefficient (Wildman–Crippen LogP) is 2.58. The molecule has 22 heavy (non-hydrogen) atoms. The Morgan fingerprint density at radius 2 is 1.77 bits per heavy atom. The standard InChI is InChI=1S/C16H17N5O/c1-12-8-14(9-19-20-10-17-18-11-20)13(2)21(12)15-4-6-16(22-3)7-5-15/h4-11H,1-3H3/b19-9-. The Morgan fingerprint density at radius 1 is 1.09 bits per heavy atom. The fourth-order valence-electron chi connectivity index (χ4n) is 2.43. The van der Waals surface area contributed by atoms with E-state index in [2.05, 4.69) is 39.8 Å². The van der Waals surface area contributed by atoms with Crippen LogP contribution in [-0.4, -0.2) is 32.8 Å². The molecule has 0 spiro atoms. The van der Waals surface area contributed by atoms with Crippen LogP contribution in [-0.2, 0) is 0 Å². The van der Waals surface area contributed by atoms with Gasteiger partial charge in [0.2, 0.25) is 0 Å². The molecule has 0 N–H and O–H groups in total. The lowest BCUT2D eigenvalue weighted by molar-refractivity contribution is 0.414. The van der Waals surface area contributed by atoms with Crippen LogP contribution in [0.4, 0.5) is 0 Å². The van der Waals surface area contributed by atoms with Gasteiger partial charge in [0.1, 0.15) is 18.4 Å². The highest BCUT2D eigenvalue weighted by molar-refractivity contribution is 5.82. The second kappa shape index (κ2) is 5.85. The van der Waals surface area contributed by atoms with Crippen molar-refractivity contribution in [2.75, 3.05) is 7.11 Å². The number of nitrogens with zero attached hydrogens (tertiary/aromatic N) is 5. The van der Waals surface area contributed by atoms with Gasteiger partial charge in [0.25, 0.3) is 0 Å². The third-order valence-corrected chi connectivity index (χ3v) is 3.54. The molecular formula is C16H17N5O. The Morgan fingerprint density at radius 3 is 2.41 bits per heavy atom. The minimum atomic E-state index is 0.848. The van der Waals surface area contributed by atoms with Gasteiger partial charge in [-0.25, -0.2) is 4.68 Å². The van der Waals surface area contributed by atoms with E-state index in [0.717, 1.165) is 28.4 Å². The van der Waals surface area contributed by atoms with E-state index in [1.54, 1.807) is 24.4 Å². The van der Waals surface area contributed by atoms with Crippen molar-refractivity contribution in [2.45, 2.75) is 13.8 Å². The Hall–Kier alpha value is -2.89. The number of ether oxygens (including phenoxy) is 1. The summed E-state index contributed by atoms with van der Waals surface area (Å²) in [4.78, 5) is 0. The summed E-state index contributed by atoms with van der Waals surface area (Å²) in [6.45, 7) is 4.15. The average Bonchev–Trinajstić information content (AvgIpc) is 3.14. The maximum Gasteiger partial charge on any atom is 0.141 e. The van der Waals surface area contributed by atoms with E-state index in [9.17, 15) is 0 Å². The minimum Gasteiger partial charge on any atom is -0.497 e. The zero-order chi connectivity index (χ0) is 15.5. The van der Waals surface area contributed by atoms with Crippen molar-refractivity contribution in [1.82, 2.24) is 19.4 Å². The van der Waals surface area contributed by atoms with Crippen LogP contribution in [0.1, 0.15) is 17.0 Å². The second-order valence-corrected chi connectivity index (χ2v) is 4.95. The first kappa shape index (κ1) is 14.1. The molecule has 6 nitrogen and oxygen atoms in total. The summed E-state index contributed by atoms with van der Waals surface area (Å²) >= 11 is 0. The van der Waals surface area contributed by atoms with Crippen molar-refractivity contribution in [2.24, 2.45) is 5.10 Å². The summed E-state index contributed by atoms with van der Waals surface area (Å²) in [6.07, 6.45) is 4.92. The lowest BCUT2D eigenvalue weighted by atomic mass is 10.2. The largest absolute Gasteiger partial charge is 0.497 e. The number of hydrogen-bond acceptors (Lipinski definition) is 4. The number of methoxy groups -OCH3 is 1. The smallest absolute Gasteiger partial charge is 0.141 e. The fraction of sp³-hybridized carbons (Fsp3) is 0.188. The summed E-state index contributed by atoms with van der Waals surface area (Å²) < 4.78 is 8.96. The first-order chi connectivity index (χ1) is 10.7. The monoisotopic (exact) mass is 295 g/mol. The number of benzene rings is 1. The van der Waals surface area contributed by atoms with Gasteiger partial charge in [0.05, 0.1) is 13.3 Å². The molecule has 0 unspecified atom stereocenters. The summed E-state index contributed by atoms with van der Waals surface area (Å²) in [5, 5.41) is 11.8. The molecule has 3 rings (SSSR count). The van der Waals surface area contributed by atoms with Crippen LogP contribution in [0.5, 0.6) is 5.75 Å². The molecular weight excluding hydrogens is 278 g/mol. The molecule has 3 aromatic rings. The van der Waals surface area contributed by atoms with E-state index in [4.69, 9.17) is 4.74 Å². The van der Waals surface area contributed by atoms with Gasteiger partial charge < -0.3 is 9.30 Å². The molecule has 6 heteroatoms. The molecule has 0 atom stereocenters. The van der Waals surface area contributed by atoms with Gasteiger partial charge in [0.15, 0.2) is 0 Å².